The standard InChI is InChI=1S/C14H27NO2/c1-4-13(2,3)11-15-12-5-7-14(8-6-12)16-9-10-17-14/h12,15H,4-11H2,1-3H3. The molecule has 100 valence electrons. The molecule has 0 aromatic rings. The highest BCUT2D eigenvalue weighted by Crippen LogP contribution is 2.35. The number of ether oxygens (including phenoxy) is 2. The summed E-state index contributed by atoms with van der Waals surface area (Å²) in [6.07, 6.45) is 5.69. The Morgan fingerprint density at radius 1 is 1.18 bits per heavy atom. The van der Waals surface area contributed by atoms with Gasteiger partial charge in [-0.2, -0.15) is 0 Å². The van der Waals surface area contributed by atoms with E-state index in [1.807, 2.05) is 0 Å². The van der Waals surface area contributed by atoms with E-state index in [1.54, 1.807) is 0 Å². The van der Waals surface area contributed by atoms with Crippen LogP contribution in [0.15, 0.2) is 0 Å². The second kappa shape index (κ2) is 5.25. The summed E-state index contributed by atoms with van der Waals surface area (Å²) in [5, 5.41) is 3.71. The molecule has 2 aliphatic rings. The molecule has 2 rings (SSSR count). The molecule has 1 aliphatic carbocycles. The summed E-state index contributed by atoms with van der Waals surface area (Å²) in [6.45, 7) is 9.59. The number of hydrogen-bond donors (Lipinski definition) is 1. The van der Waals surface area contributed by atoms with Crippen molar-refractivity contribution in [2.75, 3.05) is 19.8 Å². The minimum Gasteiger partial charge on any atom is -0.348 e. The van der Waals surface area contributed by atoms with E-state index in [9.17, 15) is 0 Å². The maximum absolute atomic E-state index is 5.75. The Morgan fingerprint density at radius 3 is 2.29 bits per heavy atom. The van der Waals surface area contributed by atoms with Crippen molar-refractivity contribution >= 4 is 0 Å². The van der Waals surface area contributed by atoms with Crippen molar-refractivity contribution in [3.8, 4) is 0 Å². The fourth-order valence-electron chi connectivity index (χ4n) is 2.59. The van der Waals surface area contributed by atoms with E-state index in [0.29, 0.717) is 11.5 Å². The van der Waals surface area contributed by atoms with Gasteiger partial charge in [0.25, 0.3) is 0 Å². The summed E-state index contributed by atoms with van der Waals surface area (Å²) in [4.78, 5) is 0. The molecule has 2 fully saturated rings. The van der Waals surface area contributed by atoms with Crippen LogP contribution < -0.4 is 5.32 Å². The van der Waals surface area contributed by atoms with Crippen molar-refractivity contribution in [3.63, 3.8) is 0 Å². The highest BCUT2D eigenvalue weighted by atomic mass is 16.7. The third-order valence-electron chi connectivity index (χ3n) is 4.39. The molecule has 0 aromatic heterocycles. The van der Waals surface area contributed by atoms with Crippen LogP contribution in [0.2, 0.25) is 0 Å². The SMILES string of the molecule is CCC(C)(C)CNC1CCC2(CC1)OCCO2. The highest BCUT2D eigenvalue weighted by Gasteiger charge is 2.40. The minimum atomic E-state index is -0.210. The van der Waals surface area contributed by atoms with Gasteiger partial charge in [0, 0.05) is 25.4 Å². The van der Waals surface area contributed by atoms with E-state index in [0.717, 1.165) is 32.6 Å². The molecule has 0 amide bonds. The first-order valence-electron chi connectivity index (χ1n) is 7.07. The predicted molar refractivity (Wildman–Crippen MR) is 69.0 cm³/mol. The molecule has 0 aromatic carbocycles. The van der Waals surface area contributed by atoms with Gasteiger partial charge in [0.1, 0.15) is 0 Å². The van der Waals surface area contributed by atoms with Gasteiger partial charge in [-0.1, -0.05) is 20.8 Å². The van der Waals surface area contributed by atoms with Crippen molar-refractivity contribution in [2.45, 2.75) is 64.7 Å². The molecule has 3 nitrogen and oxygen atoms in total. The molecule has 1 N–H and O–H groups in total. The van der Waals surface area contributed by atoms with Gasteiger partial charge in [0.2, 0.25) is 0 Å². The lowest BCUT2D eigenvalue weighted by molar-refractivity contribution is -0.179. The van der Waals surface area contributed by atoms with E-state index in [-0.39, 0.29) is 5.79 Å². The molecule has 1 saturated heterocycles. The average Bonchev–Trinajstić information content (AvgIpc) is 2.77. The fourth-order valence-corrected chi connectivity index (χ4v) is 2.59. The molecule has 0 atom stereocenters. The Morgan fingerprint density at radius 2 is 1.76 bits per heavy atom. The van der Waals surface area contributed by atoms with Crippen LogP contribution in [0.5, 0.6) is 0 Å². The number of rotatable bonds is 4. The maximum atomic E-state index is 5.75. The van der Waals surface area contributed by atoms with Crippen LogP contribution in [0.3, 0.4) is 0 Å². The molecular weight excluding hydrogens is 214 g/mol. The summed E-state index contributed by atoms with van der Waals surface area (Å²) in [7, 11) is 0. The minimum absolute atomic E-state index is 0.210. The Bertz CT molecular complexity index is 237. The van der Waals surface area contributed by atoms with Gasteiger partial charge in [0.15, 0.2) is 5.79 Å². The lowest BCUT2D eigenvalue weighted by atomic mass is 9.87. The van der Waals surface area contributed by atoms with Gasteiger partial charge in [0.05, 0.1) is 13.2 Å². The van der Waals surface area contributed by atoms with Crippen LogP contribution in [-0.2, 0) is 9.47 Å². The zero-order valence-corrected chi connectivity index (χ0v) is 11.6. The first kappa shape index (κ1) is 13.3. The predicted octanol–water partition coefficient (Wildman–Crippen LogP) is 2.70. The highest BCUT2D eigenvalue weighted by molar-refractivity contribution is 4.86. The van der Waals surface area contributed by atoms with Gasteiger partial charge >= 0.3 is 0 Å². The second-order valence-corrected chi connectivity index (χ2v) is 6.28. The number of hydrogen-bond acceptors (Lipinski definition) is 3. The molecule has 1 aliphatic heterocycles. The van der Waals surface area contributed by atoms with Gasteiger partial charge in [-0.15, -0.1) is 0 Å². The van der Waals surface area contributed by atoms with Crippen LogP contribution in [0.4, 0.5) is 0 Å². The summed E-state index contributed by atoms with van der Waals surface area (Å²) in [5.41, 5.74) is 0.412. The lowest BCUT2D eigenvalue weighted by Gasteiger charge is -2.37. The lowest BCUT2D eigenvalue weighted by Crippen LogP contribution is -2.44. The summed E-state index contributed by atoms with van der Waals surface area (Å²) in [5.74, 6) is -0.210. The average molecular weight is 241 g/mol. The van der Waals surface area contributed by atoms with Crippen molar-refractivity contribution in [1.82, 2.24) is 5.32 Å². The summed E-state index contributed by atoms with van der Waals surface area (Å²) in [6, 6.07) is 0.652. The molecule has 1 saturated carbocycles. The van der Waals surface area contributed by atoms with Gasteiger partial charge in [-0.25, -0.2) is 0 Å². The molecule has 3 heteroatoms. The molecule has 1 spiro atoms. The fraction of sp³-hybridized carbons (Fsp3) is 1.00. The molecular formula is C14H27NO2. The third-order valence-corrected chi connectivity index (χ3v) is 4.39. The third kappa shape index (κ3) is 3.43. The Balaban J connectivity index is 1.72. The zero-order chi connectivity index (χ0) is 12.4. The van der Waals surface area contributed by atoms with E-state index >= 15 is 0 Å². The van der Waals surface area contributed by atoms with E-state index in [1.165, 1.54) is 19.3 Å². The maximum Gasteiger partial charge on any atom is 0.168 e. The van der Waals surface area contributed by atoms with Crippen molar-refractivity contribution in [1.29, 1.82) is 0 Å². The Labute approximate surface area is 105 Å². The second-order valence-electron chi connectivity index (χ2n) is 6.28. The van der Waals surface area contributed by atoms with E-state index < -0.39 is 0 Å². The molecule has 0 bridgehead atoms. The van der Waals surface area contributed by atoms with Crippen molar-refractivity contribution in [3.05, 3.63) is 0 Å². The summed E-state index contributed by atoms with van der Waals surface area (Å²) >= 11 is 0. The largest absolute Gasteiger partial charge is 0.348 e. The van der Waals surface area contributed by atoms with Gasteiger partial charge in [-0.05, 0) is 24.7 Å². The van der Waals surface area contributed by atoms with Crippen LogP contribution in [0, 0.1) is 5.41 Å². The Kier molecular flexibility index (Phi) is 4.11. The van der Waals surface area contributed by atoms with Crippen molar-refractivity contribution < 1.29 is 9.47 Å². The summed E-state index contributed by atoms with van der Waals surface area (Å²) < 4.78 is 11.5. The van der Waals surface area contributed by atoms with Crippen LogP contribution in [0.25, 0.3) is 0 Å². The Hall–Kier alpha value is -0.120. The van der Waals surface area contributed by atoms with Crippen LogP contribution in [-0.4, -0.2) is 31.6 Å². The monoisotopic (exact) mass is 241 g/mol. The van der Waals surface area contributed by atoms with Gasteiger partial charge in [-0.3, -0.25) is 0 Å². The number of nitrogens with one attached hydrogen (secondary N) is 1. The topological polar surface area (TPSA) is 30.5 Å². The van der Waals surface area contributed by atoms with Crippen LogP contribution in [0.1, 0.15) is 52.9 Å². The zero-order valence-electron chi connectivity index (χ0n) is 11.6. The van der Waals surface area contributed by atoms with Crippen LogP contribution >= 0.6 is 0 Å². The van der Waals surface area contributed by atoms with E-state index in [2.05, 4.69) is 26.1 Å². The molecule has 17 heavy (non-hydrogen) atoms. The normalized spacial score (nSPS) is 25.6. The molecule has 1 heterocycles. The first-order valence-corrected chi connectivity index (χ1v) is 7.07. The molecule has 0 radical (unpaired) electrons. The molecule has 0 unspecified atom stereocenters. The van der Waals surface area contributed by atoms with Crippen molar-refractivity contribution in [2.24, 2.45) is 5.41 Å². The van der Waals surface area contributed by atoms with E-state index in [4.69, 9.17) is 9.47 Å². The smallest absolute Gasteiger partial charge is 0.168 e. The quantitative estimate of drug-likeness (QED) is 0.821. The first-order chi connectivity index (χ1) is 8.05. The van der Waals surface area contributed by atoms with Gasteiger partial charge < -0.3 is 14.8 Å².